The maximum Gasteiger partial charge on any atom is 0.426 e. The first-order chi connectivity index (χ1) is 22.7. The van der Waals surface area contributed by atoms with Crippen LogP contribution in [0.5, 0.6) is 5.75 Å². The van der Waals surface area contributed by atoms with Crippen molar-refractivity contribution in [1.82, 2.24) is 0 Å². The summed E-state index contributed by atoms with van der Waals surface area (Å²) >= 11 is 0. The molecular formula is C38H39F5N2O3. The van der Waals surface area contributed by atoms with Crippen molar-refractivity contribution >= 4 is 23.4 Å². The van der Waals surface area contributed by atoms with E-state index >= 15 is 0 Å². The number of nitrogen functional groups attached to an aromatic ring is 2. The molecule has 0 aromatic heterocycles. The monoisotopic (exact) mass is 666 g/mol. The predicted octanol–water partition coefficient (Wildman–Crippen LogP) is 9.30. The molecule has 4 rings (SSSR count). The van der Waals surface area contributed by atoms with Gasteiger partial charge >= 0.3 is 18.3 Å². The third-order valence-electron chi connectivity index (χ3n) is 7.79. The van der Waals surface area contributed by atoms with E-state index in [1.807, 2.05) is 55.5 Å². The Balaban J connectivity index is 1.31. The number of hydrogen-bond donors (Lipinski definition) is 2. The number of ether oxygens (including phenoxy) is 2. The number of hydrogen-bond acceptors (Lipinski definition) is 5. The molecule has 0 fully saturated rings. The Morgan fingerprint density at radius 3 is 1.75 bits per heavy atom. The van der Waals surface area contributed by atoms with Crippen LogP contribution in [0.2, 0.25) is 0 Å². The zero-order chi connectivity index (χ0) is 34.8. The summed E-state index contributed by atoms with van der Waals surface area (Å²) in [4.78, 5) is 12.7. The van der Waals surface area contributed by atoms with Crippen LogP contribution in [0, 0.1) is 5.41 Å². The fourth-order valence-corrected chi connectivity index (χ4v) is 5.25. The van der Waals surface area contributed by atoms with Crippen molar-refractivity contribution in [2.45, 2.75) is 57.7 Å². The lowest BCUT2D eigenvalue weighted by Gasteiger charge is -2.29. The van der Waals surface area contributed by atoms with Crippen molar-refractivity contribution in [3.05, 3.63) is 131 Å². The number of halogens is 5. The lowest BCUT2D eigenvalue weighted by molar-refractivity contribution is -0.185. The van der Waals surface area contributed by atoms with Gasteiger partial charge < -0.3 is 20.9 Å². The van der Waals surface area contributed by atoms with Gasteiger partial charge in [-0.25, -0.2) is 4.79 Å². The Morgan fingerprint density at radius 2 is 1.23 bits per heavy atom. The van der Waals surface area contributed by atoms with Crippen molar-refractivity contribution in [3.8, 4) is 5.75 Å². The van der Waals surface area contributed by atoms with Crippen LogP contribution in [0.3, 0.4) is 0 Å². The zero-order valence-corrected chi connectivity index (χ0v) is 26.6. The Kier molecular flexibility index (Phi) is 11.9. The minimum atomic E-state index is -4.20. The average Bonchev–Trinajstić information content (AvgIpc) is 3.04. The lowest BCUT2D eigenvalue weighted by atomic mass is 9.79. The normalized spacial score (nSPS) is 12.3. The number of benzene rings is 4. The van der Waals surface area contributed by atoms with Gasteiger partial charge in [0, 0.05) is 29.3 Å². The Hall–Kier alpha value is -4.86. The molecule has 0 spiro atoms. The molecule has 0 amide bonds. The Bertz CT molecular complexity index is 1590. The van der Waals surface area contributed by atoms with Crippen molar-refractivity contribution < 1.29 is 36.2 Å². The smallest absolute Gasteiger partial charge is 0.426 e. The molecular weight excluding hydrogens is 627 g/mol. The van der Waals surface area contributed by atoms with Crippen molar-refractivity contribution in [3.63, 3.8) is 0 Å². The second-order valence-electron chi connectivity index (χ2n) is 12.3. The number of aryl methyl sites for hydroxylation is 1. The topological polar surface area (TPSA) is 87.6 Å². The SMILES string of the molecule is CC(COC(=O)/C=C/c1ccc(OC(F)(F)c2ccc(CCCCC(F)(F)F)cc2)cc1)(Cc1ccc(N)cc1)Cc1ccc(N)cc1. The molecule has 0 heterocycles. The van der Waals surface area contributed by atoms with Crippen LogP contribution in [0.4, 0.5) is 33.3 Å². The highest BCUT2D eigenvalue weighted by atomic mass is 19.4. The number of alkyl halides is 5. The molecule has 4 N–H and O–H groups in total. The maximum absolute atomic E-state index is 14.8. The van der Waals surface area contributed by atoms with Gasteiger partial charge in [0.2, 0.25) is 0 Å². The molecule has 0 atom stereocenters. The van der Waals surface area contributed by atoms with Gasteiger partial charge in [0.25, 0.3) is 0 Å². The Labute approximate surface area is 277 Å². The number of nitrogens with two attached hydrogens (primary N) is 2. The summed E-state index contributed by atoms with van der Waals surface area (Å²) in [6, 6.07) is 26.3. The number of anilines is 2. The molecule has 0 aliphatic carbocycles. The number of esters is 1. The summed E-state index contributed by atoms with van der Waals surface area (Å²) in [5.41, 5.74) is 15.5. The highest BCUT2D eigenvalue weighted by Gasteiger charge is 2.34. The zero-order valence-electron chi connectivity index (χ0n) is 26.6. The first-order valence-corrected chi connectivity index (χ1v) is 15.5. The van der Waals surface area contributed by atoms with Gasteiger partial charge in [-0.15, -0.1) is 0 Å². The molecule has 0 unspecified atom stereocenters. The quantitative estimate of drug-likeness (QED) is 0.0434. The van der Waals surface area contributed by atoms with Gasteiger partial charge in [0.1, 0.15) is 5.75 Å². The first kappa shape index (κ1) is 36.0. The highest BCUT2D eigenvalue weighted by molar-refractivity contribution is 5.87. The van der Waals surface area contributed by atoms with Crippen molar-refractivity contribution in [2.75, 3.05) is 18.1 Å². The van der Waals surface area contributed by atoms with Crippen LogP contribution < -0.4 is 16.2 Å². The number of unbranched alkanes of at least 4 members (excludes halogenated alkanes) is 1. The van der Waals surface area contributed by atoms with Crippen LogP contribution in [0.1, 0.15) is 54.0 Å². The molecule has 5 nitrogen and oxygen atoms in total. The first-order valence-electron chi connectivity index (χ1n) is 15.5. The number of carbonyl (C=O) groups excluding carboxylic acids is 1. The van der Waals surface area contributed by atoms with Crippen LogP contribution in [-0.2, 0) is 34.9 Å². The molecule has 0 radical (unpaired) electrons. The molecule has 4 aromatic rings. The molecule has 4 aromatic carbocycles. The van der Waals surface area contributed by atoms with Gasteiger partial charge in [-0.1, -0.05) is 55.5 Å². The molecule has 0 saturated heterocycles. The molecule has 254 valence electrons. The summed E-state index contributed by atoms with van der Waals surface area (Å²) in [6.07, 6.45) is -3.99. The minimum Gasteiger partial charge on any atom is -0.462 e. The third-order valence-corrected chi connectivity index (χ3v) is 7.79. The molecule has 48 heavy (non-hydrogen) atoms. The van der Waals surface area contributed by atoms with Gasteiger partial charge in [-0.3, -0.25) is 0 Å². The van der Waals surface area contributed by atoms with Gasteiger partial charge in [-0.05, 0) is 109 Å². The maximum atomic E-state index is 14.8. The fourth-order valence-electron chi connectivity index (χ4n) is 5.25. The second-order valence-corrected chi connectivity index (χ2v) is 12.3. The molecule has 0 saturated carbocycles. The van der Waals surface area contributed by atoms with Crippen LogP contribution in [0.15, 0.2) is 103 Å². The fraction of sp³-hybridized carbons (Fsp3) is 0.289. The van der Waals surface area contributed by atoms with Crippen molar-refractivity contribution in [2.24, 2.45) is 5.41 Å². The van der Waals surface area contributed by atoms with Gasteiger partial charge in [0.15, 0.2) is 0 Å². The van der Waals surface area contributed by atoms with E-state index in [0.29, 0.717) is 48.2 Å². The third kappa shape index (κ3) is 11.7. The van der Waals surface area contributed by atoms with Crippen molar-refractivity contribution in [1.29, 1.82) is 0 Å². The summed E-state index contributed by atoms with van der Waals surface area (Å²) < 4.78 is 77.2. The van der Waals surface area contributed by atoms with Crippen LogP contribution in [0.25, 0.3) is 6.08 Å². The minimum absolute atomic E-state index is 0.0209. The van der Waals surface area contributed by atoms with Gasteiger partial charge in [-0.2, -0.15) is 22.0 Å². The summed E-state index contributed by atoms with van der Waals surface area (Å²) in [6.45, 7) is 2.19. The van der Waals surface area contributed by atoms with Crippen LogP contribution in [-0.4, -0.2) is 18.8 Å². The molecule has 0 aliphatic rings. The molecule has 0 bridgehead atoms. The standard InChI is InChI=1S/C38H39F5N2O3/c1-36(24-29-7-16-32(44)17-8-29,25-30-9-18-33(45)19-10-30)26-47-35(46)22-13-28-11-20-34(21-12-28)48-38(42,43)31-14-5-27(6-15-31)4-2-3-23-37(39,40)41/h5-22H,2-4,23-26,44-45H2,1H3/b22-13+. The van der Waals surface area contributed by atoms with E-state index in [2.05, 4.69) is 0 Å². The Morgan fingerprint density at radius 1 is 0.708 bits per heavy atom. The van der Waals surface area contributed by atoms with E-state index in [0.717, 1.165) is 11.1 Å². The summed E-state index contributed by atoms with van der Waals surface area (Å²) in [7, 11) is 0. The highest BCUT2D eigenvalue weighted by Crippen LogP contribution is 2.33. The van der Waals surface area contributed by atoms with E-state index in [1.165, 1.54) is 60.7 Å². The van der Waals surface area contributed by atoms with E-state index in [4.69, 9.17) is 20.9 Å². The number of rotatable bonds is 15. The van der Waals surface area contributed by atoms with E-state index in [1.54, 1.807) is 0 Å². The summed E-state index contributed by atoms with van der Waals surface area (Å²) in [5.74, 6) is -0.636. The van der Waals surface area contributed by atoms with Crippen LogP contribution >= 0.6 is 0 Å². The largest absolute Gasteiger partial charge is 0.462 e. The number of carbonyl (C=O) groups is 1. The summed E-state index contributed by atoms with van der Waals surface area (Å²) in [5, 5.41) is 0. The lowest BCUT2D eigenvalue weighted by Crippen LogP contribution is -2.30. The molecule has 10 heteroatoms. The molecule has 0 aliphatic heterocycles. The van der Waals surface area contributed by atoms with E-state index in [9.17, 15) is 26.7 Å². The predicted molar refractivity (Wildman–Crippen MR) is 178 cm³/mol. The van der Waals surface area contributed by atoms with E-state index < -0.39 is 30.1 Å². The van der Waals surface area contributed by atoms with Gasteiger partial charge in [0.05, 0.1) is 12.2 Å². The van der Waals surface area contributed by atoms with E-state index in [-0.39, 0.29) is 24.3 Å². The average molecular weight is 667 g/mol. The second kappa shape index (κ2) is 15.8.